The summed E-state index contributed by atoms with van der Waals surface area (Å²) in [5.74, 6) is -2.83. The van der Waals surface area contributed by atoms with Gasteiger partial charge in [-0.3, -0.25) is 29.4 Å². The van der Waals surface area contributed by atoms with E-state index in [0.29, 0.717) is 49.6 Å². The molecule has 43 heavy (non-hydrogen) atoms. The molecule has 1 aromatic rings. The Bertz CT molecular complexity index is 1330. The number of carboxylic acid groups (broad SMARTS) is 1. The van der Waals surface area contributed by atoms with Crippen molar-refractivity contribution in [3.63, 3.8) is 0 Å². The Labute approximate surface area is 252 Å². The van der Waals surface area contributed by atoms with Crippen molar-refractivity contribution in [3.8, 4) is 0 Å². The number of nitro groups is 1. The maximum Gasteiger partial charge on any atom is 0.353 e. The summed E-state index contributed by atoms with van der Waals surface area (Å²) in [6.07, 6.45) is -0.348. The first kappa shape index (κ1) is 30.9. The van der Waals surface area contributed by atoms with Crippen molar-refractivity contribution in [1.29, 1.82) is 0 Å². The van der Waals surface area contributed by atoms with Gasteiger partial charge in [0, 0.05) is 60.9 Å². The summed E-state index contributed by atoms with van der Waals surface area (Å²) in [6.45, 7) is 5.95. The Morgan fingerprint density at radius 2 is 1.86 bits per heavy atom. The summed E-state index contributed by atoms with van der Waals surface area (Å²) < 4.78 is 5.31. The van der Waals surface area contributed by atoms with Crippen molar-refractivity contribution >= 4 is 41.2 Å². The maximum absolute atomic E-state index is 13.3. The molecule has 1 aromatic carbocycles. The Morgan fingerprint density at radius 1 is 1.19 bits per heavy atom. The zero-order valence-electron chi connectivity index (χ0n) is 23.9. The molecule has 4 aliphatic heterocycles. The molecule has 3 N–H and O–H groups in total. The minimum atomic E-state index is -1.17. The molecule has 0 aliphatic carbocycles. The Morgan fingerprint density at radius 3 is 2.47 bits per heavy atom. The minimum absolute atomic E-state index is 0.0124. The van der Waals surface area contributed by atoms with Gasteiger partial charge < -0.3 is 30.1 Å². The number of piperazine rings is 1. The standard InChI is InChI=1S/C28H35N5O9S/c1-15-23-22(16(2)34)27(37)32(23)24(28(38)39)25(15)43-19-11-20(29-12-19)26(36)31-9-7-30(8-10-31)13-21(35)42-14-17-3-5-18(6-4-17)33(40)41/h3-6,15-16,19-20,22-23,29,34H,7-14H2,1-2H3,(H,38,39)/t15-,16-,19+,20+,22-,23-/m1/s1. The molecule has 3 fully saturated rings. The van der Waals surface area contributed by atoms with Gasteiger partial charge in [-0.05, 0) is 31.0 Å². The number of nitrogens with one attached hydrogen (secondary N) is 1. The summed E-state index contributed by atoms with van der Waals surface area (Å²) in [6, 6.07) is 5.02. The SMILES string of the molecule is C[C@@H](O)[C@H]1C(=O)N2C(C(=O)O)=C(S[C@@H]3CN[C@H](C(=O)N4CCN(CC(=O)OCc5ccc([N+](=O)[O-])cc5)CC4)C3)[C@H](C)[C@H]12. The predicted octanol–water partition coefficient (Wildman–Crippen LogP) is 0.400. The fraction of sp³-hybridized carbons (Fsp3) is 0.571. The van der Waals surface area contributed by atoms with E-state index in [4.69, 9.17) is 4.74 Å². The molecule has 0 radical (unpaired) electrons. The molecule has 0 aromatic heterocycles. The van der Waals surface area contributed by atoms with Crippen LogP contribution in [0.3, 0.4) is 0 Å². The number of carboxylic acids is 1. The number of nitrogens with zero attached hydrogens (tertiary/aromatic N) is 4. The molecular weight excluding hydrogens is 582 g/mol. The highest BCUT2D eigenvalue weighted by Crippen LogP contribution is 2.51. The summed E-state index contributed by atoms with van der Waals surface area (Å²) in [4.78, 5) is 66.1. The molecular formula is C28H35N5O9S. The van der Waals surface area contributed by atoms with E-state index in [1.807, 2.05) is 11.8 Å². The number of carbonyl (C=O) groups is 4. The first-order valence-electron chi connectivity index (χ1n) is 14.2. The zero-order valence-corrected chi connectivity index (χ0v) is 24.7. The van der Waals surface area contributed by atoms with Crippen LogP contribution >= 0.6 is 11.8 Å². The van der Waals surface area contributed by atoms with Crippen molar-refractivity contribution in [3.05, 3.63) is 50.5 Å². The Hall–Kier alpha value is -3.53. The number of benzene rings is 1. The number of ether oxygens (including phenoxy) is 1. The Balaban J connectivity index is 1.07. The van der Waals surface area contributed by atoms with Crippen LogP contribution in [0, 0.1) is 22.0 Å². The molecule has 4 heterocycles. The molecule has 6 atom stereocenters. The third-order valence-electron chi connectivity index (χ3n) is 8.58. The van der Waals surface area contributed by atoms with Gasteiger partial charge in [0.2, 0.25) is 11.8 Å². The van der Waals surface area contributed by atoms with Gasteiger partial charge in [0.25, 0.3) is 5.69 Å². The number of β-lactam (4-membered cyclic amide) rings is 1. The van der Waals surface area contributed by atoms with Crippen LogP contribution in [0.15, 0.2) is 34.9 Å². The van der Waals surface area contributed by atoms with E-state index in [2.05, 4.69) is 5.32 Å². The molecule has 2 amide bonds. The predicted molar refractivity (Wildman–Crippen MR) is 153 cm³/mol. The van der Waals surface area contributed by atoms with Crippen LogP contribution in [0.4, 0.5) is 5.69 Å². The van der Waals surface area contributed by atoms with Gasteiger partial charge in [-0.2, -0.15) is 0 Å². The molecule has 0 saturated carbocycles. The van der Waals surface area contributed by atoms with E-state index in [0.717, 1.165) is 0 Å². The highest BCUT2D eigenvalue weighted by atomic mass is 32.2. The number of fused-ring (bicyclic) bond motifs is 1. The summed E-state index contributed by atoms with van der Waals surface area (Å²) >= 11 is 1.40. The number of hydrogen-bond acceptors (Lipinski definition) is 11. The molecule has 14 nitrogen and oxygen atoms in total. The molecule has 15 heteroatoms. The smallest absolute Gasteiger partial charge is 0.353 e. The van der Waals surface area contributed by atoms with Crippen molar-refractivity contribution in [2.75, 3.05) is 39.3 Å². The second kappa shape index (κ2) is 12.6. The number of thioether (sulfide) groups is 1. The fourth-order valence-corrected chi connectivity index (χ4v) is 7.77. The fourth-order valence-electron chi connectivity index (χ4n) is 6.29. The van der Waals surface area contributed by atoms with Gasteiger partial charge in [-0.1, -0.05) is 6.92 Å². The lowest BCUT2D eigenvalue weighted by Gasteiger charge is -2.46. The van der Waals surface area contributed by atoms with Crippen LogP contribution < -0.4 is 5.32 Å². The van der Waals surface area contributed by atoms with Crippen LogP contribution in [-0.2, 0) is 30.5 Å². The molecule has 5 rings (SSSR count). The van der Waals surface area contributed by atoms with Gasteiger partial charge >= 0.3 is 11.9 Å². The topological polar surface area (TPSA) is 183 Å². The molecule has 3 saturated heterocycles. The first-order chi connectivity index (χ1) is 20.5. The number of aliphatic hydroxyl groups is 1. The number of amides is 2. The highest BCUT2D eigenvalue weighted by Gasteiger charge is 2.60. The van der Waals surface area contributed by atoms with Crippen LogP contribution in [0.5, 0.6) is 0 Å². The molecule has 4 aliphatic rings. The summed E-state index contributed by atoms with van der Waals surface area (Å²) in [5.41, 5.74) is 0.601. The number of nitro benzene ring substituents is 1. The Kier molecular flexibility index (Phi) is 9.06. The number of aliphatic hydroxyl groups excluding tert-OH is 1. The van der Waals surface area contributed by atoms with Gasteiger partial charge in [0.05, 0.1) is 35.6 Å². The minimum Gasteiger partial charge on any atom is -0.477 e. The van der Waals surface area contributed by atoms with Crippen molar-refractivity contribution in [2.45, 2.75) is 50.3 Å². The first-order valence-corrected chi connectivity index (χ1v) is 15.1. The number of carbonyl (C=O) groups excluding carboxylic acids is 3. The van der Waals surface area contributed by atoms with Crippen LogP contribution in [-0.4, -0.2) is 116 Å². The summed E-state index contributed by atoms with van der Waals surface area (Å²) in [5, 5.41) is 33.9. The lowest BCUT2D eigenvalue weighted by Crippen LogP contribution is -2.63. The monoisotopic (exact) mass is 617 g/mol. The maximum atomic E-state index is 13.3. The average Bonchev–Trinajstić information content (AvgIpc) is 3.53. The third-order valence-corrected chi connectivity index (χ3v) is 10.1. The van der Waals surface area contributed by atoms with E-state index in [1.165, 1.54) is 28.8 Å². The molecule has 0 spiro atoms. The molecule has 232 valence electrons. The van der Waals surface area contributed by atoms with Gasteiger partial charge in [-0.15, -0.1) is 11.8 Å². The van der Waals surface area contributed by atoms with Gasteiger partial charge in [0.15, 0.2) is 0 Å². The average molecular weight is 618 g/mol. The van der Waals surface area contributed by atoms with Gasteiger partial charge in [0.1, 0.15) is 12.3 Å². The lowest BCUT2D eigenvalue weighted by atomic mass is 9.79. The number of aliphatic carboxylic acids is 1. The third kappa shape index (κ3) is 6.25. The van der Waals surface area contributed by atoms with Crippen LogP contribution in [0.25, 0.3) is 0 Å². The van der Waals surface area contributed by atoms with Crippen molar-refractivity contribution < 1.29 is 39.1 Å². The van der Waals surface area contributed by atoms with Crippen LogP contribution in [0.2, 0.25) is 0 Å². The number of esters is 1. The highest BCUT2D eigenvalue weighted by molar-refractivity contribution is 8.03. The van der Waals surface area contributed by atoms with Crippen molar-refractivity contribution in [2.24, 2.45) is 11.8 Å². The number of rotatable bonds is 10. The number of hydrogen-bond donors (Lipinski definition) is 3. The second-order valence-electron chi connectivity index (χ2n) is 11.4. The van der Waals surface area contributed by atoms with Crippen LogP contribution in [0.1, 0.15) is 25.8 Å². The van der Waals surface area contributed by atoms with E-state index in [-0.39, 0.29) is 53.6 Å². The largest absolute Gasteiger partial charge is 0.477 e. The number of non-ortho nitro benzene ring substituents is 1. The quantitative estimate of drug-likeness (QED) is 0.142. The lowest BCUT2D eigenvalue weighted by molar-refractivity contribution is -0.384. The normalized spacial score (nSPS) is 28.0. The van der Waals surface area contributed by atoms with E-state index in [9.17, 15) is 39.5 Å². The molecule has 0 bridgehead atoms. The zero-order chi connectivity index (χ0) is 31.0. The van der Waals surface area contributed by atoms with Crippen molar-refractivity contribution in [1.82, 2.24) is 20.0 Å². The molecule has 0 unspecified atom stereocenters. The van der Waals surface area contributed by atoms with E-state index >= 15 is 0 Å². The van der Waals surface area contributed by atoms with Gasteiger partial charge in [-0.25, -0.2) is 4.79 Å². The van der Waals surface area contributed by atoms with E-state index in [1.54, 1.807) is 24.0 Å². The summed E-state index contributed by atoms with van der Waals surface area (Å²) in [7, 11) is 0. The van der Waals surface area contributed by atoms with E-state index < -0.39 is 34.9 Å². The second-order valence-corrected chi connectivity index (χ2v) is 12.7.